The van der Waals surface area contributed by atoms with E-state index in [4.69, 9.17) is 33.2 Å². The standard InChI is InChI=1S/C14H19NO4.C10H11BrO3/c1-16-13-3-2-11(15-4-6-17-7-5-15)10-12(13)14-18-8-9-19-14;1-12-9-3-2-7(11)6-8(9)10-13-4-5-14-10/h2-3,10,14H,4-9H2,1H3;2-3,6,10H,4-5H2,1H3. The maximum atomic E-state index is 5.58. The van der Waals surface area contributed by atoms with Crippen LogP contribution in [0.2, 0.25) is 0 Å². The zero-order chi connectivity index (χ0) is 23.0. The minimum Gasteiger partial charge on any atom is -0.496 e. The zero-order valence-electron chi connectivity index (χ0n) is 19.0. The number of hydrogen-bond acceptors (Lipinski definition) is 8. The highest BCUT2D eigenvalue weighted by Gasteiger charge is 2.24. The predicted octanol–water partition coefficient (Wildman–Crippen LogP) is 4.08. The van der Waals surface area contributed by atoms with Crippen molar-refractivity contribution >= 4 is 21.6 Å². The second kappa shape index (κ2) is 12.0. The number of morpholine rings is 1. The lowest BCUT2D eigenvalue weighted by atomic mass is 10.1. The largest absolute Gasteiger partial charge is 0.496 e. The summed E-state index contributed by atoms with van der Waals surface area (Å²) in [6.45, 7) is 5.93. The van der Waals surface area contributed by atoms with E-state index in [9.17, 15) is 0 Å². The van der Waals surface area contributed by atoms with Gasteiger partial charge < -0.3 is 38.1 Å². The van der Waals surface area contributed by atoms with Crippen LogP contribution in [0.3, 0.4) is 0 Å². The number of ether oxygens (including phenoxy) is 7. The molecule has 33 heavy (non-hydrogen) atoms. The molecule has 0 atom stereocenters. The average Bonchev–Trinajstić information content (AvgIpc) is 3.59. The predicted molar refractivity (Wildman–Crippen MR) is 126 cm³/mol. The summed E-state index contributed by atoms with van der Waals surface area (Å²) >= 11 is 3.41. The lowest BCUT2D eigenvalue weighted by Gasteiger charge is -2.29. The first kappa shape index (κ1) is 24.3. The van der Waals surface area contributed by atoms with Crippen LogP contribution >= 0.6 is 15.9 Å². The summed E-state index contributed by atoms with van der Waals surface area (Å²) in [7, 11) is 3.31. The van der Waals surface area contributed by atoms with Crippen molar-refractivity contribution in [2.75, 3.05) is 71.9 Å². The Kier molecular flexibility index (Phi) is 8.82. The van der Waals surface area contributed by atoms with E-state index in [1.165, 1.54) is 5.69 Å². The minimum absolute atomic E-state index is 0.289. The monoisotopic (exact) mass is 523 g/mol. The summed E-state index contributed by atoms with van der Waals surface area (Å²) in [5.41, 5.74) is 3.06. The van der Waals surface area contributed by atoms with E-state index in [1.807, 2.05) is 24.3 Å². The smallest absolute Gasteiger partial charge is 0.187 e. The van der Waals surface area contributed by atoms with Gasteiger partial charge in [-0.05, 0) is 36.4 Å². The van der Waals surface area contributed by atoms with Crippen molar-refractivity contribution < 1.29 is 33.2 Å². The molecule has 3 fully saturated rings. The number of rotatable bonds is 5. The van der Waals surface area contributed by atoms with E-state index < -0.39 is 0 Å². The molecule has 0 aromatic heterocycles. The molecule has 180 valence electrons. The van der Waals surface area contributed by atoms with Crippen molar-refractivity contribution in [3.63, 3.8) is 0 Å². The number of anilines is 1. The van der Waals surface area contributed by atoms with Crippen LogP contribution in [0.4, 0.5) is 5.69 Å². The van der Waals surface area contributed by atoms with Gasteiger partial charge in [0.1, 0.15) is 11.5 Å². The van der Waals surface area contributed by atoms with Gasteiger partial charge >= 0.3 is 0 Å². The fraction of sp³-hybridized carbons (Fsp3) is 0.500. The molecule has 3 aliphatic heterocycles. The molecule has 0 N–H and O–H groups in total. The number of halogens is 1. The van der Waals surface area contributed by atoms with Gasteiger partial charge in [-0.3, -0.25) is 0 Å². The van der Waals surface area contributed by atoms with Gasteiger partial charge in [-0.1, -0.05) is 15.9 Å². The van der Waals surface area contributed by atoms with Crippen LogP contribution in [-0.2, 0) is 23.7 Å². The minimum atomic E-state index is -0.309. The van der Waals surface area contributed by atoms with Crippen LogP contribution in [0.15, 0.2) is 40.9 Å². The lowest BCUT2D eigenvalue weighted by molar-refractivity contribution is -0.0457. The first-order valence-corrected chi connectivity index (χ1v) is 11.8. The number of methoxy groups -OCH3 is 2. The number of hydrogen-bond donors (Lipinski definition) is 0. The molecular weight excluding hydrogens is 494 g/mol. The highest BCUT2D eigenvalue weighted by atomic mass is 79.9. The van der Waals surface area contributed by atoms with Gasteiger partial charge in [0.05, 0.1) is 65.0 Å². The Bertz CT molecular complexity index is 894. The average molecular weight is 524 g/mol. The molecule has 5 rings (SSSR count). The summed E-state index contributed by atoms with van der Waals surface area (Å²) in [5.74, 6) is 1.60. The van der Waals surface area contributed by atoms with Gasteiger partial charge in [-0.25, -0.2) is 0 Å². The molecule has 8 nitrogen and oxygen atoms in total. The third-order valence-corrected chi connectivity index (χ3v) is 6.03. The van der Waals surface area contributed by atoms with Crippen LogP contribution in [0, 0.1) is 0 Å². The molecule has 2 aromatic rings. The highest BCUT2D eigenvalue weighted by Crippen LogP contribution is 2.35. The summed E-state index contributed by atoms with van der Waals surface area (Å²) in [6, 6.07) is 11.9. The van der Waals surface area contributed by atoms with Gasteiger partial charge in [0.15, 0.2) is 12.6 Å². The normalized spacial score (nSPS) is 19.3. The molecule has 9 heteroatoms. The molecule has 0 bridgehead atoms. The highest BCUT2D eigenvalue weighted by molar-refractivity contribution is 9.10. The van der Waals surface area contributed by atoms with Crippen LogP contribution in [0.1, 0.15) is 23.7 Å². The Hall–Kier alpha value is -1.88. The van der Waals surface area contributed by atoms with Crippen LogP contribution < -0.4 is 14.4 Å². The molecule has 0 radical (unpaired) electrons. The Morgan fingerprint density at radius 2 is 1.24 bits per heavy atom. The van der Waals surface area contributed by atoms with Crippen molar-refractivity contribution in [3.8, 4) is 11.5 Å². The lowest BCUT2D eigenvalue weighted by Crippen LogP contribution is -2.36. The van der Waals surface area contributed by atoms with E-state index in [0.717, 1.165) is 53.4 Å². The second-order valence-corrected chi connectivity index (χ2v) is 8.47. The van der Waals surface area contributed by atoms with Gasteiger partial charge in [0.25, 0.3) is 0 Å². The molecule has 3 saturated heterocycles. The maximum absolute atomic E-state index is 5.58. The summed E-state index contributed by atoms with van der Waals surface area (Å²) in [4.78, 5) is 2.31. The number of benzene rings is 2. The molecular formula is C24H30BrNO7. The van der Waals surface area contributed by atoms with E-state index >= 15 is 0 Å². The fourth-order valence-corrected chi connectivity index (χ4v) is 4.27. The second-order valence-electron chi connectivity index (χ2n) is 7.56. The molecule has 0 amide bonds. The van der Waals surface area contributed by atoms with Gasteiger partial charge in [0, 0.05) is 23.2 Å². The van der Waals surface area contributed by atoms with Crippen molar-refractivity contribution in [3.05, 3.63) is 52.0 Å². The summed E-state index contributed by atoms with van der Waals surface area (Å²) in [5, 5.41) is 0. The van der Waals surface area contributed by atoms with Crippen molar-refractivity contribution in [1.29, 1.82) is 0 Å². The van der Waals surface area contributed by atoms with E-state index in [1.54, 1.807) is 14.2 Å². The molecule has 0 unspecified atom stereocenters. The Morgan fingerprint density at radius 3 is 1.79 bits per heavy atom. The van der Waals surface area contributed by atoms with E-state index in [2.05, 4.69) is 33.0 Å². The molecule has 3 aliphatic rings. The molecule has 0 saturated carbocycles. The van der Waals surface area contributed by atoms with E-state index in [0.29, 0.717) is 26.4 Å². The zero-order valence-corrected chi connectivity index (χ0v) is 20.5. The van der Waals surface area contributed by atoms with Crippen molar-refractivity contribution in [1.82, 2.24) is 0 Å². The van der Waals surface area contributed by atoms with Crippen molar-refractivity contribution in [2.45, 2.75) is 12.6 Å². The maximum Gasteiger partial charge on any atom is 0.187 e. The fourth-order valence-electron chi connectivity index (χ4n) is 3.89. The first-order valence-electron chi connectivity index (χ1n) is 11.0. The van der Waals surface area contributed by atoms with Gasteiger partial charge in [-0.2, -0.15) is 0 Å². The van der Waals surface area contributed by atoms with Gasteiger partial charge in [0.2, 0.25) is 0 Å². The molecule has 2 aromatic carbocycles. The van der Waals surface area contributed by atoms with Crippen molar-refractivity contribution in [2.24, 2.45) is 0 Å². The molecule has 0 spiro atoms. The third kappa shape index (κ3) is 6.17. The topological polar surface area (TPSA) is 67.9 Å². The Balaban J connectivity index is 0.000000165. The van der Waals surface area contributed by atoms with Gasteiger partial charge in [-0.15, -0.1) is 0 Å². The SMILES string of the molecule is COc1ccc(Br)cc1C1OCCO1.COc1ccc(N2CCOCC2)cc1C1OCCO1. The van der Waals surface area contributed by atoms with Crippen LogP contribution in [-0.4, -0.2) is 67.0 Å². The van der Waals surface area contributed by atoms with Crippen LogP contribution in [0.5, 0.6) is 11.5 Å². The number of nitrogens with zero attached hydrogens (tertiary/aromatic N) is 1. The third-order valence-electron chi connectivity index (χ3n) is 5.53. The quantitative estimate of drug-likeness (QED) is 0.580. The molecule has 0 aliphatic carbocycles. The summed E-state index contributed by atoms with van der Waals surface area (Å²) < 4.78 is 39.0. The van der Waals surface area contributed by atoms with Crippen LogP contribution in [0.25, 0.3) is 0 Å². The Morgan fingerprint density at radius 1 is 0.727 bits per heavy atom. The Labute approximate surface area is 202 Å². The molecule has 3 heterocycles. The van der Waals surface area contributed by atoms with E-state index in [-0.39, 0.29) is 12.6 Å². The first-order chi connectivity index (χ1) is 16.2. The summed E-state index contributed by atoms with van der Waals surface area (Å²) in [6.07, 6.45) is -0.599.